The van der Waals surface area contributed by atoms with Crippen molar-refractivity contribution in [2.75, 3.05) is 17.7 Å². The molecule has 2 aromatic carbocycles. The van der Waals surface area contributed by atoms with Gasteiger partial charge in [0.15, 0.2) is 0 Å². The Morgan fingerprint density at radius 3 is 2.57 bits per heavy atom. The molecule has 2 aromatic rings. The number of rotatable bonds is 3. The Morgan fingerprint density at radius 2 is 1.90 bits per heavy atom. The summed E-state index contributed by atoms with van der Waals surface area (Å²) in [5, 5.41) is 0. The monoisotopic (exact) mass is 280 g/mol. The van der Waals surface area contributed by atoms with Gasteiger partial charge in [-0.2, -0.15) is 0 Å². The number of nitrogen functional groups attached to an aromatic ring is 1. The van der Waals surface area contributed by atoms with E-state index in [9.17, 15) is 4.79 Å². The highest BCUT2D eigenvalue weighted by molar-refractivity contribution is 6.03. The smallest absolute Gasteiger partial charge is 0.250 e. The number of aryl methyl sites for hydroxylation is 2. The third-order valence-electron chi connectivity index (χ3n) is 3.37. The number of nitrogens with two attached hydrogens (primary N) is 1. The molecule has 0 radical (unpaired) electrons. The van der Waals surface area contributed by atoms with Crippen molar-refractivity contribution in [3.63, 3.8) is 0 Å². The van der Waals surface area contributed by atoms with E-state index in [4.69, 9.17) is 5.73 Å². The minimum absolute atomic E-state index is 0.0654. The van der Waals surface area contributed by atoms with E-state index in [0.29, 0.717) is 5.69 Å². The molecule has 0 spiro atoms. The Bertz CT molecular complexity index is 689. The van der Waals surface area contributed by atoms with Crippen LogP contribution in [0.5, 0.6) is 0 Å². The highest BCUT2D eigenvalue weighted by atomic mass is 16.2. The number of nitrogens with zero attached hydrogens (tertiary/aromatic N) is 1. The van der Waals surface area contributed by atoms with Crippen LogP contribution >= 0.6 is 0 Å². The number of carbonyl (C=O) groups excluding carboxylic acids is 1. The number of hydrogen-bond donors (Lipinski definition) is 1. The standard InChI is InChI=1S/C18H20N2O/c1-13-7-9-17(14(2)11-13)20(3)18(21)10-8-15-5-4-6-16(19)12-15/h4-12H,19H2,1-3H3/b10-8+. The van der Waals surface area contributed by atoms with Crippen molar-refractivity contribution in [1.29, 1.82) is 0 Å². The third-order valence-corrected chi connectivity index (χ3v) is 3.37. The molecule has 21 heavy (non-hydrogen) atoms. The zero-order valence-electron chi connectivity index (χ0n) is 12.6. The number of benzene rings is 2. The molecule has 0 aliphatic heterocycles. The van der Waals surface area contributed by atoms with Crippen molar-refractivity contribution < 1.29 is 4.79 Å². The molecule has 0 aliphatic carbocycles. The first kappa shape index (κ1) is 14.9. The van der Waals surface area contributed by atoms with Gasteiger partial charge < -0.3 is 10.6 Å². The Kier molecular flexibility index (Phi) is 4.43. The van der Waals surface area contributed by atoms with Crippen molar-refractivity contribution in [2.45, 2.75) is 13.8 Å². The van der Waals surface area contributed by atoms with E-state index in [-0.39, 0.29) is 5.91 Å². The van der Waals surface area contributed by atoms with Crippen LogP contribution in [0.1, 0.15) is 16.7 Å². The van der Waals surface area contributed by atoms with Crippen molar-refractivity contribution in [1.82, 2.24) is 0 Å². The summed E-state index contributed by atoms with van der Waals surface area (Å²) in [7, 11) is 1.78. The second kappa shape index (κ2) is 6.27. The molecule has 2 rings (SSSR count). The summed E-state index contributed by atoms with van der Waals surface area (Å²) in [6.45, 7) is 4.05. The predicted molar refractivity (Wildman–Crippen MR) is 89.2 cm³/mol. The van der Waals surface area contributed by atoms with Crippen LogP contribution in [0, 0.1) is 13.8 Å². The lowest BCUT2D eigenvalue weighted by Crippen LogP contribution is -2.24. The van der Waals surface area contributed by atoms with Gasteiger partial charge in [0.25, 0.3) is 5.91 Å². The third kappa shape index (κ3) is 3.72. The molecule has 108 valence electrons. The summed E-state index contributed by atoms with van der Waals surface area (Å²) in [6, 6.07) is 13.5. The summed E-state index contributed by atoms with van der Waals surface area (Å²) in [6.07, 6.45) is 3.34. The number of carbonyl (C=O) groups is 1. The van der Waals surface area contributed by atoms with Crippen LogP contribution in [0.25, 0.3) is 6.08 Å². The van der Waals surface area contributed by atoms with Crippen LogP contribution < -0.4 is 10.6 Å². The quantitative estimate of drug-likeness (QED) is 0.690. The molecule has 0 saturated heterocycles. The second-order valence-corrected chi connectivity index (χ2v) is 5.19. The molecule has 2 N–H and O–H groups in total. The first-order valence-electron chi connectivity index (χ1n) is 6.86. The molecule has 3 heteroatoms. The fourth-order valence-corrected chi connectivity index (χ4v) is 2.24. The van der Waals surface area contributed by atoms with Gasteiger partial charge in [0.2, 0.25) is 0 Å². The van der Waals surface area contributed by atoms with Gasteiger partial charge in [-0.05, 0) is 49.2 Å². The van der Waals surface area contributed by atoms with E-state index in [1.54, 1.807) is 24.1 Å². The van der Waals surface area contributed by atoms with Crippen molar-refractivity contribution in [3.05, 3.63) is 65.2 Å². The average molecular weight is 280 g/mol. The second-order valence-electron chi connectivity index (χ2n) is 5.19. The molecule has 1 amide bonds. The highest BCUT2D eigenvalue weighted by Gasteiger charge is 2.10. The fraction of sp³-hybridized carbons (Fsp3) is 0.167. The Labute approximate surface area is 125 Å². The maximum absolute atomic E-state index is 12.2. The normalized spacial score (nSPS) is 10.8. The summed E-state index contributed by atoms with van der Waals surface area (Å²) in [4.78, 5) is 13.9. The minimum atomic E-state index is -0.0654. The van der Waals surface area contributed by atoms with Crippen LogP contribution in [0.4, 0.5) is 11.4 Å². The number of anilines is 2. The molecule has 0 aliphatic rings. The van der Waals surface area contributed by atoms with Crippen molar-refractivity contribution in [3.8, 4) is 0 Å². The van der Waals surface area contributed by atoms with E-state index in [1.807, 2.05) is 50.2 Å². The number of hydrogen-bond acceptors (Lipinski definition) is 2. The number of amides is 1. The molecule has 0 saturated carbocycles. The molecule has 0 aromatic heterocycles. The van der Waals surface area contributed by atoms with E-state index >= 15 is 0 Å². The summed E-state index contributed by atoms with van der Waals surface area (Å²) in [5.74, 6) is -0.0654. The van der Waals surface area contributed by atoms with Gasteiger partial charge in [0.05, 0.1) is 0 Å². The zero-order chi connectivity index (χ0) is 15.4. The number of likely N-dealkylation sites (N-methyl/N-ethyl adjacent to an activating group) is 1. The van der Waals surface area contributed by atoms with Gasteiger partial charge in [0, 0.05) is 24.5 Å². The Hall–Kier alpha value is -2.55. The highest BCUT2D eigenvalue weighted by Crippen LogP contribution is 2.20. The lowest BCUT2D eigenvalue weighted by Gasteiger charge is -2.18. The van der Waals surface area contributed by atoms with Crippen LogP contribution in [0.2, 0.25) is 0 Å². The maximum atomic E-state index is 12.2. The van der Waals surface area contributed by atoms with Gasteiger partial charge in [-0.25, -0.2) is 0 Å². The van der Waals surface area contributed by atoms with E-state index < -0.39 is 0 Å². The first-order valence-corrected chi connectivity index (χ1v) is 6.86. The van der Waals surface area contributed by atoms with Gasteiger partial charge in [0.1, 0.15) is 0 Å². The van der Waals surface area contributed by atoms with E-state index in [0.717, 1.165) is 16.8 Å². The average Bonchev–Trinajstić information content (AvgIpc) is 2.44. The van der Waals surface area contributed by atoms with Crippen molar-refractivity contribution in [2.24, 2.45) is 0 Å². The van der Waals surface area contributed by atoms with Gasteiger partial charge in [-0.1, -0.05) is 29.8 Å². The lowest BCUT2D eigenvalue weighted by molar-refractivity contribution is -0.113. The molecule has 0 bridgehead atoms. The van der Waals surface area contributed by atoms with Crippen LogP contribution in [0.3, 0.4) is 0 Å². The summed E-state index contributed by atoms with van der Waals surface area (Å²) >= 11 is 0. The van der Waals surface area contributed by atoms with E-state index in [1.165, 1.54) is 5.56 Å². The molecule has 0 atom stereocenters. The SMILES string of the molecule is Cc1ccc(N(C)C(=O)/C=C/c2cccc(N)c2)c(C)c1. The Morgan fingerprint density at radius 1 is 1.14 bits per heavy atom. The molecular weight excluding hydrogens is 260 g/mol. The lowest BCUT2D eigenvalue weighted by atomic mass is 10.1. The largest absolute Gasteiger partial charge is 0.399 e. The molecule has 3 nitrogen and oxygen atoms in total. The predicted octanol–water partition coefficient (Wildman–Crippen LogP) is 3.56. The van der Waals surface area contributed by atoms with Gasteiger partial charge in [-0.15, -0.1) is 0 Å². The van der Waals surface area contributed by atoms with Gasteiger partial charge >= 0.3 is 0 Å². The minimum Gasteiger partial charge on any atom is -0.399 e. The van der Waals surface area contributed by atoms with Crippen molar-refractivity contribution >= 4 is 23.4 Å². The van der Waals surface area contributed by atoms with Gasteiger partial charge in [-0.3, -0.25) is 4.79 Å². The Balaban J connectivity index is 2.16. The van der Waals surface area contributed by atoms with Crippen LogP contribution in [-0.2, 0) is 4.79 Å². The fourth-order valence-electron chi connectivity index (χ4n) is 2.24. The summed E-state index contributed by atoms with van der Waals surface area (Å²) < 4.78 is 0. The molecule has 0 fully saturated rings. The maximum Gasteiger partial charge on any atom is 0.250 e. The summed E-state index contributed by atoms with van der Waals surface area (Å²) in [5.41, 5.74) is 10.5. The van der Waals surface area contributed by atoms with Crippen LogP contribution in [-0.4, -0.2) is 13.0 Å². The first-order chi connectivity index (χ1) is 9.97. The zero-order valence-corrected chi connectivity index (χ0v) is 12.6. The van der Waals surface area contributed by atoms with Crippen LogP contribution in [0.15, 0.2) is 48.5 Å². The topological polar surface area (TPSA) is 46.3 Å². The molecule has 0 unspecified atom stereocenters. The molecule has 0 heterocycles. The van der Waals surface area contributed by atoms with E-state index in [2.05, 4.69) is 6.07 Å². The molecular formula is C18H20N2O.